The summed E-state index contributed by atoms with van der Waals surface area (Å²) in [7, 11) is 1.45. The molecule has 0 radical (unpaired) electrons. The number of aromatic nitrogens is 1. The predicted octanol–water partition coefficient (Wildman–Crippen LogP) is 6.42. The topological polar surface area (TPSA) is 82.6 Å². The van der Waals surface area contributed by atoms with E-state index < -0.39 is 17.7 Å². The number of carbonyl (C=O) groups is 2. The van der Waals surface area contributed by atoms with Gasteiger partial charge in [-0.25, -0.2) is 0 Å². The fourth-order valence-electron chi connectivity index (χ4n) is 4.66. The first-order chi connectivity index (χ1) is 16.8. The number of H-pyrrole nitrogens is 1. The van der Waals surface area contributed by atoms with Crippen LogP contribution in [0, 0.1) is 6.92 Å². The first-order valence-corrected chi connectivity index (χ1v) is 11.5. The van der Waals surface area contributed by atoms with E-state index in [0.29, 0.717) is 27.0 Å². The van der Waals surface area contributed by atoms with E-state index in [9.17, 15) is 14.7 Å². The van der Waals surface area contributed by atoms with Crippen LogP contribution in [-0.4, -0.2) is 28.9 Å². The maximum absolute atomic E-state index is 13.5. The van der Waals surface area contributed by atoms with Crippen molar-refractivity contribution in [3.63, 3.8) is 0 Å². The standard InChI is InChI=1S/C27H20Cl2N2O4/c1-14-22(18-8-3-4-9-20(18)30-14)24-23(25(32)19-13-16(29)10-11-21(19)35-2)26(33)27(34)31(24)17-7-5-6-15(28)12-17/h3-13,24,30,32H,1-2H3/b25-23+. The predicted molar refractivity (Wildman–Crippen MR) is 137 cm³/mol. The zero-order chi connectivity index (χ0) is 24.9. The number of aryl methyl sites for hydroxylation is 1. The number of ether oxygens (including phenoxy) is 1. The molecule has 2 N–H and O–H groups in total. The molecule has 3 aromatic carbocycles. The van der Waals surface area contributed by atoms with Gasteiger partial charge in [-0.1, -0.05) is 47.5 Å². The summed E-state index contributed by atoms with van der Waals surface area (Å²) in [5.74, 6) is -1.65. The number of hydrogen-bond acceptors (Lipinski definition) is 4. The van der Waals surface area contributed by atoms with Crippen LogP contribution < -0.4 is 9.64 Å². The van der Waals surface area contributed by atoms with Gasteiger partial charge in [-0.3, -0.25) is 14.5 Å². The number of halogens is 2. The highest BCUT2D eigenvalue weighted by atomic mass is 35.5. The van der Waals surface area contributed by atoms with Crippen LogP contribution in [-0.2, 0) is 9.59 Å². The van der Waals surface area contributed by atoms with Crippen molar-refractivity contribution >= 4 is 57.2 Å². The van der Waals surface area contributed by atoms with Gasteiger partial charge >= 0.3 is 0 Å². The van der Waals surface area contributed by atoms with Gasteiger partial charge in [0.05, 0.1) is 24.3 Å². The molecular weight excluding hydrogens is 487 g/mol. The molecule has 4 aromatic rings. The number of hydrogen-bond donors (Lipinski definition) is 2. The van der Waals surface area contributed by atoms with Crippen molar-refractivity contribution < 1.29 is 19.4 Å². The van der Waals surface area contributed by atoms with Gasteiger partial charge in [-0.05, 0) is 49.4 Å². The number of methoxy groups -OCH3 is 1. The van der Waals surface area contributed by atoms with Gasteiger partial charge in [0.15, 0.2) is 0 Å². The largest absolute Gasteiger partial charge is 0.507 e. The molecule has 1 atom stereocenters. The summed E-state index contributed by atoms with van der Waals surface area (Å²) in [5.41, 5.74) is 2.88. The number of rotatable bonds is 4. The number of amides is 1. The molecule has 0 bridgehead atoms. The van der Waals surface area contributed by atoms with Crippen molar-refractivity contribution in [1.82, 2.24) is 4.98 Å². The number of benzene rings is 3. The molecule has 1 aromatic heterocycles. The SMILES string of the molecule is COc1ccc(Cl)cc1/C(O)=C1\C(=O)C(=O)N(c2cccc(Cl)c2)C1c1c(C)[nH]c2ccccc12. The van der Waals surface area contributed by atoms with E-state index in [0.717, 1.165) is 16.6 Å². The van der Waals surface area contributed by atoms with Crippen LogP contribution in [0.5, 0.6) is 5.75 Å². The van der Waals surface area contributed by atoms with Gasteiger partial charge in [0, 0.05) is 37.9 Å². The number of carbonyl (C=O) groups excluding carboxylic acids is 2. The molecular formula is C27H20Cl2N2O4. The monoisotopic (exact) mass is 506 g/mol. The average molecular weight is 507 g/mol. The highest BCUT2D eigenvalue weighted by molar-refractivity contribution is 6.52. The van der Waals surface area contributed by atoms with Crippen LogP contribution in [0.2, 0.25) is 10.0 Å². The molecule has 8 heteroatoms. The quantitative estimate of drug-likeness (QED) is 0.190. The second-order valence-electron chi connectivity index (χ2n) is 8.20. The maximum atomic E-state index is 13.5. The van der Waals surface area contributed by atoms with Gasteiger partial charge in [0.25, 0.3) is 11.7 Å². The fraction of sp³-hybridized carbons (Fsp3) is 0.111. The lowest BCUT2D eigenvalue weighted by atomic mass is 9.93. The Hall–Kier alpha value is -3.74. The summed E-state index contributed by atoms with van der Waals surface area (Å²) in [6.07, 6.45) is 0. The highest BCUT2D eigenvalue weighted by Crippen LogP contribution is 2.46. The van der Waals surface area contributed by atoms with Crippen molar-refractivity contribution in [3.8, 4) is 5.75 Å². The van der Waals surface area contributed by atoms with Crippen molar-refractivity contribution in [2.45, 2.75) is 13.0 Å². The van der Waals surface area contributed by atoms with Gasteiger partial charge in [-0.2, -0.15) is 0 Å². The zero-order valence-electron chi connectivity index (χ0n) is 18.8. The maximum Gasteiger partial charge on any atom is 0.300 e. The Morgan fingerprint density at radius 1 is 1.00 bits per heavy atom. The first kappa shape index (κ1) is 23.0. The minimum Gasteiger partial charge on any atom is -0.507 e. The zero-order valence-corrected chi connectivity index (χ0v) is 20.3. The number of para-hydroxylation sites is 1. The molecule has 1 aliphatic rings. The third-order valence-electron chi connectivity index (χ3n) is 6.16. The molecule has 35 heavy (non-hydrogen) atoms. The Bertz CT molecular complexity index is 1540. The summed E-state index contributed by atoms with van der Waals surface area (Å²) >= 11 is 12.4. The molecule has 1 fully saturated rings. The molecule has 6 nitrogen and oxygen atoms in total. The summed E-state index contributed by atoms with van der Waals surface area (Å²) in [6.45, 7) is 1.87. The summed E-state index contributed by atoms with van der Waals surface area (Å²) in [5, 5.41) is 13.1. The molecule has 1 saturated heterocycles. The van der Waals surface area contributed by atoms with Gasteiger partial charge in [-0.15, -0.1) is 0 Å². The van der Waals surface area contributed by atoms with Crippen molar-refractivity contribution in [1.29, 1.82) is 0 Å². The Morgan fingerprint density at radius 2 is 1.74 bits per heavy atom. The van der Waals surface area contributed by atoms with E-state index in [1.54, 1.807) is 36.4 Å². The smallest absolute Gasteiger partial charge is 0.300 e. The van der Waals surface area contributed by atoms with Gasteiger partial charge in [0.2, 0.25) is 0 Å². The Labute approximate surface area is 211 Å². The number of Topliss-reactive ketones (excluding diaryl/α,β-unsaturated/α-hetero) is 1. The van der Waals surface area contributed by atoms with Crippen molar-refractivity contribution in [3.05, 3.63) is 99.2 Å². The lowest BCUT2D eigenvalue weighted by molar-refractivity contribution is -0.132. The van der Waals surface area contributed by atoms with Crippen LogP contribution in [0.3, 0.4) is 0 Å². The number of aliphatic hydroxyl groups is 1. The van der Waals surface area contributed by atoms with Crippen LogP contribution in [0.4, 0.5) is 5.69 Å². The number of aromatic amines is 1. The number of nitrogens with zero attached hydrogens (tertiary/aromatic N) is 1. The summed E-state index contributed by atoms with van der Waals surface area (Å²) in [6, 6.07) is 18.1. The normalized spacial score (nSPS) is 17.4. The highest BCUT2D eigenvalue weighted by Gasteiger charge is 2.48. The van der Waals surface area contributed by atoms with E-state index in [4.69, 9.17) is 27.9 Å². The first-order valence-electron chi connectivity index (χ1n) is 10.8. The Kier molecular flexibility index (Phi) is 5.79. The third kappa shape index (κ3) is 3.75. The average Bonchev–Trinajstić information content (AvgIpc) is 3.30. The van der Waals surface area contributed by atoms with Crippen molar-refractivity contribution in [2.75, 3.05) is 12.0 Å². The van der Waals surface area contributed by atoms with Gasteiger partial charge in [0.1, 0.15) is 11.5 Å². The molecule has 0 aliphatic carbocycles. The van der Waals surface area contributed by atoms with Crippen LogP contribution in [0.25, 0.3) is 16.7 Å². The molecule has 1 unspecified atom stereocenters. The minimum atomic E-state index is -0.923. The van der Waals surface area contributed by atoms with E-state index in [1.165, 1.54) is 18.1 Å². The molecule has 1 aliphatic heterocycles. The number of nitrogens with one attached hydrogen (secondary N) is 1. The molecule has 2 heterocycles. The molecule has 0 spiro atoms. The molecule has 1 amide bonds. The third-order valence-corrected chi connectivity index (χ3v) is 6.63. The fourth-order valence-corrected chi connectivity index (χ4v) is 5.02. The number of fused-ring (bicyclic) bond motifs is 1. The number of aliphatic hydroxyl groups excluding tert-OH is 1. The summed E-state index contributed by atoms with van der Waals surface area (Å²) < 4.78 is 5.40. The van der Waals surface area contributed by atoms with E-state index >= 15 is 0 Å². The lowest BCUT2D eigenvalue weighted by Crippen LogP contribution is -2.29. The molecule has 0 saturated carbocycles. The van der Waals surface area contributed by atoms with E-state index in [1.807, 2.05) is 31.2 Å². The number of ketones is 1. The Balaban J connectivity index is 1.85. The van der Waals surface area contributed by atoms with Gasteiger partial charge < -0.3 is 14.8 Å². The van der Waals surface area contributed by atoms with Crippen LogP contribution >= 0.6 is 23.2 Å². The van der Waals surface area contributed by atoms with Crippen LogP contribution in [0.1, 0.15) is 22.9 Å². The minimum absolute atomic E-state index is 0.0663. The van der Waals surface area contributed by atoms with Crippen molar-refractivity contribution in [2.24, 2.45) is 0 Å². The number of anilines is 1. The lowest BCUT2D eigenvalue weighted by Gasteiger charge is -2.26. The second-order valence-corrected chi connectivity index (χ2v) is 9.08. The van der Waals surface area contributed by atoms with E-state index in [2.05, 4.69) is 4.98 Å². The van der Waals surface area contributed by atoms with E-state index in [-0.39, 0.29) is 16.9 Å². The molecule has 5 rings (SSSR count). The second kappa shape index (κ2) is 8.80. The van der Waals surface area contributed by atoms with Crippen LogP contribution in [0.15, 0.2) is 72.3 Å². The summed E-state index contributed by atoms with van der Waals surface area (Å²) in [4.78, 5) is 31.7. The molecule has 176 valence electrons. The Morgan fingerprint density at radius 3 is 2.49 bits per heavy atom.